The van der Waals surface area contributed by atoms with Gasteiger partial charge in [-0.15, -0.1) is 0 Å². The van der Waals surface area contributed by atoms with Gasteiger partial charge in [-0.2, -0.15) is 12.3 Å². The molecule has 0 aromatic carbocycles. The van der Waals surface area contributed by atoms with E-state index in [9.17, 15) is 4.79 Å². The average molecular weight is 338 g/mol. The summed E-state index contributed by atoms with van der Waals surface area (Å²) < 4.78 is 0. The molecule has 107 valence electrons. The van der Waals surface area contributed by atoms with Crippen LogP contribution in [0.15, 0.2) is 0 Å². The largest absolute Gasteiger partial charge is 0.325 e. The third kappa shape index (κ3) is 5.58. The summed E-state index contributed by atoms with van der Waals surface area (Å²) >= 11 is 0. The second kappa shape index (κ2) is 8.93. The van der Waals surface area contributed by atoms with Crippen molar-refractivity contribution in [3.8, 4) is 0 Å². The van der Waals surface area contributed by atoms with Crippen molar-refractivity contribution in [2.45, 2.75) is 65.2 Å². The fraction of sp³-hybridized carbons (Fsp3) is 0.882. The molecule has 2 heteroatoms. The minimum absolute atomic E-state index is 0. The van der Waals surface area contributed by atoms with Crippen molar-refractivity contribution in [3.63, 3.8) is 0 Å². The molecule has 0 spiro atoms. The molecule has 1 radical (unpaired) electrons. The first-order valence-electron chi connectivity index (χ1n) is 7.96. The minimum Gasteiger partial charge on any atom is -0.325 e. The van der Waals surface area contributed by atoms with Crippen LogP contribution in [0.2, 0.25) is 0 Å². The van der Waals surface area contributed by atoms with Gasteiger partial charge in [0.05, 0.1) is 0 Å². The van der Waals surface area contributed by atoms with E-state index in [1.807, 2.05) is 0 Å². The second-order valence-electron chi connectivity index (χ2n) is 6.97. The molecule has 0 aromatic rings. The van der Waals surface area contributed by atoms with Crippen LogP contribution in [0.5, 0.6) is 0 Å². The maximum atomic E-state index is 10.6. The Morgan fingerprint density at radius 1 is 1.05 bits per heavy atom. The quantitative estimate of drug-likeness (QED) is 0.416. The molecule has 2 saturated carbocycles. The monoisotopic (exact) mass is 338 g/mol. The first-order valence-corrected chi connectivity index (χ1v) is 7.96. The van der Waals surface area contributed by atoms with Crippen molar-refractivity contribution in [2.24, 2.45) is 29.6 Å². The Morgan fingerprint density at radius 3 is 2.37 bits per heavy atom. The molecule has 3 unspecified atom stereocenters. The molecule has 0 N–H and O–H groups in total. The van der Waals surface area contributed by atoms with Crippen LogP contribution in [-0.2, 0) is 37.5 Å². The van der Waals surface area contributed by atoms with Crippen LogP contribution in [0.3, 0.4) is 0 Å². The molecule has 2 aliphatic rings. The Bertz CT molecular complexity index is 258. The summed E-state index contributed by atoms with van der Waals surface area (Å²) in [7, 11) is 0. The predicted molar refractivity (Wildman–Crippen MR) is 76.1 cm³/mol. The number of carbonyl (C=O) groups is 1. The van der Waals surface area contributed by atoms with Crippen molar-refractivity contribution in [2.75, 3.05) is 0 Å². The Morgan fingerprint density at radius 2 is 1.74 bits per heavy atom. The molecule has 0 aliphatic heterocycles. The summed E-state index contributed by atoms with van der Waals surface area (Å²) in [6.07, 6.45) is 14.0. The van der Waals surface area contributed by atoms with Gasteiger partial charge in [-0.3, -0.25) is 0 Å². The molecule has 2 rings (SSSR count). The predicted octanol–water partition coefficient (Wildman–Crippen LogP) is 4.66. The van der Waals surface area contributed by atoms with Crippen LogP contribution in [-0.4, -0.2) is 6.29 Å². The smallest absolute Gasteiger partial charge is 0.120 e. The summed E-state index contributed by atoms with van der Waals surface area (Å²) in [4.78, 5) is 10.6. The number of aldehydes is 1. The van der Waals surface area contributed by atoms with Crippen molar-refractivity contribution in [3.05, 3.63) is 6.42 Å². The van der Waals surface area contributed by atoms with Crippen LogP contribution in [0.4, 0.5) is 0 Å². The number of carbonyl (C=O) groups excluding carboxylic acids is 1. The Labute approximate surface area is 144 Å². The van der Waals surface area contributed by atoms with Crippen molar-refractivity contribution >= 4 is 6.29 Å². The van der Waals surface area contributed by atoms with Gasteiger partial charge in [-0.05, 0) is 43.4 Å². The average Bonchev–Trinajstić information content (AvgIpc) is 2.52. The zero-order valence-electron chi connectivity index (χ0n) is 12.7. The van der Waals surface area contributed by atoms with E-state index in [1.54, 1.807) is 0 Å². The Balaban J connectivity index is 0.00000180. The fourth-order valence-electron chi connectivity index (χ4n) is 4.26. The molecule has 0 bridgehead atoms. The Kier molecular flexibility index (Phi) is 8.38. The van der Waals surface area contributed by atoms with E-state index in [-0.39, 0.29) is 32.7 Å². The van der Waals surface area contributed by atoms with Gasteiger partial charge < -0.3 is 11.2 Å². The van der Waals surface area contributed by atoms with Gasteiger partial charge >= 0.3 is 0 Å². The SMILES string of the molecule is CC1[CH-]CC(C2CCC(CC=O)CC2)CC(C)C1.[Y]. The van der Waals surface area contributed by atoms with Crippen molar-refractivity contribution < 1.29 is 37.5 Å². The molecular formula is C17H29OY-. The molecule has 1 nitrogen and oxygen atoms in total. The summed E-state index contributed by atoms with van der Waals surface area (Å²) in [6, 6.07) is 0. The van der Waals surface area contributed by atoms with Crippen molar-refractivity contribution in [1.82, 2.24) is 0 Å². The van der Waals surface area contributed by atoms with Crippen LogP contribution < -0.4 is 0 Å². The number of hydrogen-bond donors (Lipinski definition) is 0. The standard InChI is InChI=1S/C17H29O.Y/c1-13-3-6-17(12-14(2)11-13)16-7-4-15(5-8-16)9-10-18;/h3,10,13-17H,4-9,11-12H2,1-2H3;/q-1;. The molecule has 19 heavy (non-hydrogen) atoms. The Hall–Kier alpha value is 0.774. The zero-order chi connectivity index (χ0) is 13.0. The van der Waals surface area contributed by atoms with Gasteiger partial charge in [0, 0.05) is 39.1 Å². The third-order valence-electron chi connectivity index (χ3n) is 5.31. The normalized spacial score (nSPS) is 40.0. The molecule has 0 amide bonds. The van der Waals surface area contributed by atoms with Crippen LogP contribution >= 0.6 is 0 Å². The third-order valence-corrected chi connectivity index (χ3v) is 5.31. The van der Waals surface area contributed by atoms with Gasteiger partial charge in [0.25, 0.3) is 0 Å². The van der Waals surface area contributed by atoms with Gasteiger partial charge in [0.2, 0.25) is 0 Å². The zero-order valence-corrected chi connectivity index (χ0v) is 15.5. The molecule has 0 saturated heterocycles. The van der Waals surface area contributed by atoms with E-state index in [2.05, 4.69) is 20.3 Å². The van der Waals surface area contributed by atoms with Crippen molar-refractivity contribution in [1.29, 1.82) is 0 Å². The minimum atomic E-state index is 0. The first kappa shape index (κ1) is 17.8. The van der Waals surface area contributed by atoms with Gasteiger partial charge in [0.15, 0.2) is 0 Å². The van der Waals surface area contributed by atoms with Gasteiger partial charge in [-0.1, -0.05) is 32.6 Å². The van der Waals surface area contributed by atoms with E-state index in [4.69, 9.17) is 0 Å². The van der Waals surface area contributed by atoms with E-state index in [0.717, 1.165) is 36.4 Å². The maximum absolute atomic E-state index is 10.6. The summed E-state index contributed by atoms with van der Waals surface area (Å²) in [6.45, 7) is 4.81. The molecule has 2 aliphatic carbocycles. The van der Waals surface area contributed by atoms with Crippen LogP contribution in [0.1, 0.15) is 65.2 Å². The number of hydrogen-bond acceptors (Lipinski definition) is 1. The first-order chi connectivity index (χ1) is 8.69. The summed E-state index contributed by atoms with van der Waals surface area (Å²) in [5.41, 5.74) is 0. The van der Waals surface area contributed by atoms with Gasteiger partial charge in [0.1, 0.15) is 6.29 Å². The van der Waals surface area contributed by atoms with Crippen LogP contribution in [0.25, 0.3) is 0 Å². The molecule has 0 heterocycles. The molecule has 0 aromatic heterocycles. The fourth-order valence-corrected chi connectivity index (χ4v) is 4.26. The topological polar surface area (TPSA) is 17.1 Å². The van der Waals surface area contributed by atoms with E-state index < -0.39 is 0 Å². The van der Waals surface area contributed by atoms with E-state index in [0.29, 0.717) is 5.92 Å². The summed E-state index contributed by atoms with van der Waals surface area (Å²) in [5.74, 6) is 4.29. The maximum Gasteiger partial charge on any atom is 0.120 e. The summed E-state index contributed by atoms with van der Waals surface area (Å²) in [5, 5.41) is 0. The molecule has 3 atom stereocenters. The number of rotatable bonds is 3. The van der Waals surface area contributed by atoms with Crippen LogP contribution in [0, 0.1) is 36.0 Å². The molecular weight excluding hydrogens is 309 g/mol. The van der Waals surface area contributed by atoms with E-state index in [1.165, 1.54) is 44.9 Å². The second-order valence-corrected chi connectivity index (χ2v) is 6.97. The molecule has 2 fully saturated rings. The van der Waals surface area contributed by atoms with Gasteiger partial charge in [-0.25, -0.2) is 0 Å². The van der Waals surface area contributed by atoms with E-state index >= 15 is 0 Å².